The fourth-order valence-corrected chi connectivity index (χ4v) is 3.85. The fourth-order valence-electron chi connectivity index (χ4n) is 1.79. The normalized spacial score (nSPS) is 10.7. The van der Waals surface area contributed by atoms with E-state index in [1.54, 1.807) is 11.4 Å². The number of halogens is 1. The van der Waals surface area contributed by atoms with Crippen LogP contribution < -0.4 is 0 Å². The van der Waals surface area contributed by atoms with Crippen LogP contribution in [0.25, 0.3) is 21.1 Å². The highest BCUT2D eigenvalue weighted by Crippen LogP contribution is 2.37. The van der Waals surface area contributed by atoms with Gasteiger partial charge in [0.05, 0.1) is 15.6 Å². The van der Waals surface area contributed by atoms with E-state index < -0.39 is 5.97 Å². The second kappa shape index (κ2) is 5.36. The maximum atomic E-state index is 11.4. The Morgan fingerprint density at radius 2 is 2.00 bits per heavy atom. The molecular formula is C14H8ClNO2S2. The first-order chi connectivity index (χ1) is 9.65. The first-order valence-corrected chi connectivity index (χ1v) is 7.76. The monoisotopic (exact) mass is 321 g/mol. The van der Waals surface area contributed by atoms with Crippen molar-refractivity contribution in [1.29, 1.82) is 0 Å². The van der Waals surface area contributed by atoms with Crippen molar-refractivity contribution < 1.29 is 9.90 Å². The number of carboxylic acid groups (broad SMARTS) is 1. The van der Waals surface area contributed by atoms with Crippen molar-refractivity contribution in [2.45, 2.75) is 0 Å². The molecule has 0 saturated heterocycles. The summed E-state index contributed by atoms with van der Waals surface area (Å²) in [5, 5.41) is 12.5. The zero-order valence-electron chi connectivity index (χ0n) is 10.0. The lowest BCUT2D eigenvalue weighted by Crippen LogP contribution is -1.95. The number of rotatable bonds is 3. The van der Waals surface area contributed by atoms with Crippen molar-refractivity contribution in [2.24, 2.45) is 0 Å². The molecule has 1 N–H and O–H groups in total. The highest BCUT2D eigenvalue weighted by molar-refractivity contribution is 7.22. The minimum Gasteiger partial charge on any atom is -0.477 e. The van der Waals surface area contributed by atoms with E-state index in [0.717, 1.165) is 10.4 Å². The van der Waals surface area contributed by atoms with E-state index in [4.69, 9.17) is 11.6 Å². The van der Waals surface area contributed by atoms with Crippen molar-refractivity contribution in [3.05, 3.63) is 51.7 Å². The van der Waals surface area contributed by atoms with Crippen molar-refractivity contribution >= 4 is 40.2 Å². The molecule has 0 aliphatic rings. The Morgan fingerprint density at radius 1 is 1.25 bits per heavy atom. The Bertz CT molecular complexity index is 765. The van der Waals surface area contributed by atoms with Crippen molar-refractivity contribution in [3.8, 4) is 21.1 Å². The van der Waals surface area contributed by atoms with Gasteiger partial charge in [-0.2, -0.15) is 0 Å². The van der Waals surface area contributed by atoms with Crippen LogP contribution in [-0.4, -0.2) is 16.1 Å². The molecule has 0 spiro atoms. The van der Waals surface area contributed by atoms with Crippen molar-refractivity contribution in [2.75, 3.05) is 0 Å². The van der Waals surface area contributed by atoms with Gasteiger partial charge in [0.2, 0.25) is 0 Å². The van der Waals surface area contributed by atoms with Gasteiger partial charge in [-0.3, -0.25) is 0 Å². The van der Waals surface area contributed by atoms with E-state index >= 15 is 0 Å². The van der Waals surface area contributed by atoms with Gasteiger partial charge in [0.25, 0.3) is 0 Å². The summed E-state index contributed by atoms with van der Waals surface area (Å²) in [6, 6.07) is 11.1. The van der Waals surface area contributed by atoms with Crippen LogP contribution >= 0.6 is 34.3 Å². The lowest BCUT2D eigenvalue weighted by atomic mass is 10.1. The molecule has 0 bridgehead atoms. The molecule has 2 aromatic heterocycles. The van der Waals surface area contributed by atoms with Gasteiger partial charge in [-0.1, -0.05) is 41.9 Å². The third-order valence-corrected chi connectivity index (χ3v) is 5.14. The van der Waals surface area contributed by atoms with Crippen LogP contribution in [0.4, 0.5) is 0 Å². The minimum absolute atomic E-state index is 0.246. The molecule has 0 atom stereocenters. The summed E-state index contributed by atoms with van der Waals surface area (Å²) in [6.07, 6.45) is 0. The van der Waals surface area contributed by atoms with Crippen LogP contribution in [0.5, 0.6) is 0 Å². The topological polar surface area (TPSA) is 50.2 Å². The zero-order valence-corrected chi connectivity index (χ0v) is 12.4. The summed E-state index contributed by atoms with van der Waals surface area (Å²) < 4.78 is 0. The van der Waals surface area contributed by atoms with E-state index in [2.05, 4.69) is 4.98 Å². The number of aromatic carboxylic acids is 1. The number of carboxylic acids is 1. The van der Waals surface area contributed by atoms with Gasteiger partial charge in [0.1, 0.15) is 9.88 Å². The van der Waals surface area contributed by atoms with Crippen molar-refractivity contribution in [1.82, 2.24) is 4.98 Å². The molecule has 0 saturated carbocycles. The molecule has 0 aliphatic heterocycles. The molecular weight excluding hydrogens is 314 g/mol. The third kappa shape index (κ3) is 2.47. The molecule has 0 radical (unpaired) electrons. The molecule has 3 nitrogen and oxygen atoms in total. The van der Waals surface area contributed by atoms with E-state index in [1.165, 1.54) is 22.7 Å². The van der Waals surface area contributed by atoms with Crippen LogP contribution in [0, 0.1) is 0 Å². The zero-order chi connectivity index (χ0) is 14.1. The van der Waals surface area contributed by atoms with Gasteiger partial charge in [0.15, 0.2) is 0 Å². The van der Waals surface area contributed by atoms with Gasteiger partial charge in [-0.15, -0.1) is 22.7 Å². The van der Waals surface area contributed by atoms with Crippen LogP contribution in [0.3, 0.4) is 0 Å². The maximum Gasteiger partial charge on any atom is 0.348 e. The standard InChI is InChI=1S/C14H8ClNO2S2/c15-9-6-10(19-7-9)13-16-11(12(20-13)14(17)18)8-4-2-1-3-5-8/h1-7H,(H,17,18). The largest absolute Gasteiger partial charge is 0.477 e. The molecule has 1 aromatic carbocycles. The summed E-state index contributed by atoms with van der Waals surface area (Å²) in [4.78, 5) is 17.0. The predicted molar refractivity (Wildman–Crippen MR) is 82.8 cm³/mol. The number of carbonyl (C=O) groups is 1. The molecule has 3 aromatic rings. The van der Waals surface area contributed by atoms with Crippen LogP contribution in [0.1, 0.15) is 9.67 Å². The number of thiophene rings is 1. The number of aromatic nitrogens is 1. The molecule has 0 fully saturated rings. The number of benzene rings is 1. The summed E-state index contributed by atoms with van der Waals surface area (Å²) in [5.74, 6) is -0.963. The van der Waals surface area contributed by atoms with Gasteiger partial charge >= 0.3 is 5.97 Å². The fraction of sp³-hybridized carbons (Fsp3) is 0. The van der Waals surface area contributed by atoms with Crippen LogP contribution in [0.2, 0.25) is 5.02 Å². The Kier molecular flexibility index (Phi) is 3.56. The molecule has 0 unspecified atom stereocenters. The van der Waals surface area contributed by atoms with E-state index in [-0.39, 0.29) is 4.88 Å². The van der Waals surface area contributed by atoms with Gasteiger partial charge < -0.3 is 5.11 Å². The molecule has 0 amide bonds. The molecule has 2 heterocycles. The number of hydrogen-bond acceptors (Lipinski definition) is 4. The third-order valence-electron chi connectivity index (χ3n) is 2.65. The van der Waals surface area contributed by atoms with Gasteiger partial charge in [-0.25, -0.2) is 9.78 Å². The Hall–Kier alpha value is -1.69. The average Bonchev–Trinajstić information content (AvgIpc) is 3.05. The molecule has 100 valence electrons. The quantitative estimate of drug-likeness (QED) is 0.747. The Balaban J connectivity index is 2.15. The number of thiazole rings is 1. The summed E-state index contributed by atoms with van der Waals surface area (Å²) in [6.45, 7) is 0. The minimum atomic E-state index is -0.963. The van der Waals surface area contributed by atoms with E-state index in [0.29, 0.717) is 15.7 Å². The van der Waals surface area contributed by atoms with Gasteiger partial charge in [-0.05, 0) is 6.07 Å². The first-order valence-electron chi connectivity index (χ1n) is 5.69. The van der Waals surface area contributed by atoms with Crippen LogP contribution in [0.15, 0.2) is 41.8 Å². The highest BCUT2D eigenvalue weighted by Gasteiger charge is 2.20. The van der Waals surface area contributed by atoms with E-state index in [1.807, 2.05) is 30.3 Å². The summed E-state index contributed by atoms with van der Waals surface area (Å²) in [7, 11) is 0. The summed E-state index contributed by atoms with van der Waals surface area (Å²) in [5.41, 5.74) is 1.30. The maximum absolute atomic E-state index is 11.4. The van der Waals surface area contributed by atoms with Crippen LogP contribution in [-0.2, 0) is 0 Å². The molecule has 20 heavy (non-hydrogen) atoms. The average molecular weight is 322 g/mol. The molecule has 3 rings (SSSR count). The lowest BCUT2D eigenvalue weighted by molar-refractivity contribution is 0.0702. The summed E-state index contributed by atoms with van der Waals surface area (Å²) >= 11 is 8.53. The Morgan fingerprint density at radius 3 is 2.60 bits per heavy atom. The number of nitrogens with zero attached hydrogens (tertiary/aromatic N) is 1. The Labute approximate surface area is 128 Å². The second-order valence-electron chi connectivity index (χ2n) is 4.00. The lowest BCUT2D eigenvalue weighted by Gasteiger charge is -1.97. The SMILES string of the molecule is O=C(O)c1sc(-c2cc(Cl)cs2)nc1-c1ccccc1. The highest BCUT2D eigenvalue weighted by atomic mass is 35.5. The predicted octanol–water partition coefficient (Wildman–Crippen LogP) is 4.89. The second-order valence-corrected chi connectivity index (χ2v) is 6.34. The molecule has 0 aliphatic carbocycles. The van der Waals surface area contributed by atoms with E-state index in [9.17, 15) is 9.90 Å². The smallest absolute Gasteiger partial charge is 0.348 e. The number of hydrogen-bond donors (Lipinski definition) is 1. The van der Waals surface area contributed by atoms with Gasteiger partial charge in [0, 0.05) is 10.9 Å². The molecule has 6 heteroatoms. The van der Waals surface area contributed by atoms with Crippen molar-refractivity contribution in [3.63, 3.8) is 0 Å². The first kappa shape index (κ1) is 13.3.